The lowest BCUT2D eigenvalue weighted by molar-refractivity contribution is -0.117. The van der Waals surface area contributed by atoms with E-state index in [-0.39, 0.29) is 11.8 Å². The molecule has 0 bridgehead atoms. The molecule has 5 nitrogen and oxygen atoms in total. The van der Waals surface area contributed by atoms with Crippen molar-refractivity contribution < 1.29 is 9.53 Å². The van der Waals surface area contributed by atoms with E-state index < -0.39 is 0 Å². The molecular formula is C26H33N3O2. The number of hydrogen-bond acceptors (Lipinski definition) is 3. The molecule has 0 spiro atoms. The normalized spacial score (nSPS) is 16.4. The predicted molar refractivity (Wildman–Crippen MR) is 126 cm³/mol. The van der Waals surface area contributed by atoms with E-state index >= 15 is 0 Å². The predicted octanol–water partition coefficient (Wildman–Crippen LogP) is 5.93. The molecule has 0 N–H and O–H groups in total. The summed E-state index contributed by atoms with van der Waals surface area (Å²) in [6.07, 6.45) is 8.10. The first kappa shape index (κ1) is 21.4. The molecule has 0 radical (unpaired) electrons. The quantitative estimate of drug-likeness (QED) is 0.383. The maximum absolute atomic E-state index is 12.9. The van der Waals surface area contributed by atoms with Crippen molar-refractivity contribution in [2.24, 2.45) is 0 Å². The van der Waals surface area contributed by atoms with E-state index in [0.29, 0.717) is 13.0 Å². The van der Waals surface area contributed by atoms with E-state index in [1.807, 2.05) is 35.2 Å². The lowest BCUT2D eigenvalue weighted by Crippen LogP contribution is -2.24. The fourth-order valence-electron chi connectivity index (χ4n) is 4.60. The number of amides is 1. The van der Waals surface area contributed by atoms with E-state index in [9.17, 15) is 4.79 Å². The van der Waals surface area contributed by atoms with E-state index in [2.05, 4.69) is 29.7 Å². The molecule has 5 heteroatoms. The smallest absolute Gasteiger partial charge is 0.227 e. The van der Waals surface area contributed by atoms with Crippen LogP contribution in [0.15, 0.2) is 48.5 Å². The van der Waals surface area contributed by atoms with Crippen molar-refractivity contribution in [3.8, 4) is 5.75 Å². The van der Waals surface area contributed by atoms with Gasteiger partial charge in [-0.25, -0.2) is 4.98 Å². The molecule has 0 saturated carbocycles. The zero-order chi connectivity index (χ0) is 21.6. The van der Waals surface area contributed by atoms with Crippen molar-refractivity contribution in [3.05, 3.63) is 54.4 Å². The van der Waals surface area contributed by atoms with Crippen molar-refractivity contribution in [1.29, 1.82) is 0 Å². The minimum absolute atomic E-state index is 0.103. The maximum atomic E-state index is 12.9. The van der Waals surface area contributed by atoms with Crippen LogP contribution in [0.5, 0.6) is 5.75 Å². The van der Waals surface area contributed by atoms with Gasteiger partial charge in [0.15, 0.2) is 0 Å². The van der Waals surface area contributed by atoms with Gasteiger partial charge in [0.25, 0.3) is 0 Å². The number of aromatic nitrogens is 2. The molecule has 1 amide bonds. The number of imidazole rings is 1. The number of nitrogens with zero attached hydrogens (tertiary/aromatic N) is 3. The number of hydrogen-bond donors (Lipinski definition) is 0. The Morgan fingerprint density at radius 3 is 2.68 bits per heavy atom. The van der Waals surface area contributed by atoms with Crippen LogP contribution >= 0.6 is 0 Å². The summed E-state index contributed by atoms with van der Waals surface area (Å²) < 4.78 is 7.71. The number of carbonyl (C=O) groups excluding carboxylic acids is 1. The van der Waals surface area contributed by atoms with Crippen molar-refractivity contribution in [3.63, 3.8) is 0 Å². The molecule has 3 aromatic rings. The first-order valence-corrected chi connectivity index (χ1v) is 11.6. The summed E-state index contributed by atoms with van der Waals surface area (Å²) in [4.78, 5) is 19.7. The highest BCUT2D eigenvalue weighted by molar-refractivity contribution is 5.96. The van der Waals surface area contributed by atoms with Gasteiger partial charge in [0, 0.05) is 37.2 Å². The van der Waals surface area contributed by atoms with Crippen molar-refractivity contribution >= 4 is 22.6 Å². The number of para-hydroxylation sites is 2. The number of fused-ring (bicyclic) bond motifs is 1. The minimum Gasteiger partial charge on any atom is -0.497 e. The number of benzene rings is 2. The summed E-state index contributed by atoms with van der Waals surface area (Å²) in [5.41, 5.74) is 3.10. The third-order valence-electron chi connectivity index (χ3n) is 6.27. The van der Waals surface area contributed by atoms with Crippen LogP contribution in [0.1, 0.15) is 63.6 Å². The summed E-state index contributed by atoms with van der Waals surface area (Å²) in [7, 11) is 1.65. The molecule has 2 heterocycles. The van der Waals surface area contributed by atoms with Crippen LogP contribution in [-0.2, 0) is 11.3 Å². The Kier molecular flexibility index (Phi) is 6.90. The fourth-order valence-corrected chi connectivity index (χ4v) is 4.60. The van der Waals surface area contributed by atoms with Crippen molar-refractivity contribution in [2.75, 3.05) is 18.6 Å². The largest absolute Gasteiger partial charge is 0.497 e. The molecule has 4 rings (SSSR count). The van der Waals surface area contributed by atoms with Crippen LogP contribution in [0.2, 0.25) is 0 Å². The number of unbranched alkanes of at least 4 members (excludes halogenated alkanes) is 5. The average molecular weight is 420 g/mol. The number of ether oxygens (including phenoxy) is 1. The van der Waals surface area contributed by atoms with Crippen molar-refractivity contribution in [2.45, 2.75) is 64.3 Å². The lowest BCUT2D eigenvalue weighted by Gasteiger charge is -2.18. The first-order chi connectivity index (χ1) is 15.2. The Morgan fingerprint density at radius 2 is 1.84 bits per heavy atom. The molecule has 164 valence electrons. The Bertz CT molecular complexity index is 1030. The second-order valence-electron chi connectivity index (χ2n) is 8.48. The lowest BCUT2D eigenvalue weighted by atomic mass is 10.1. The Hall–Kier alpha value is -2.82. The van der Waals surface area contributed by atoms with Gasteiger partial charge in [0.2, 0.25) is 5.91 Å². The Labute approximate surface area is 185 Å². The molecule has 0 aliphatic carbocycles. The summed E-state index contributed by atoms with van der Waals surface area (Å²) >= 11 is 0. The molecule has 1 aliphatic heterocycles. The van der Waals surface area contributed by atoms with Crippen molar-refractivity contribution in [1.82, 2.24) is 9.55 Å². The highest BCUT2D eigenvalue weighted by Gasteiger charge is 2.34. The molecule has 1 fully saturated rings. The monoisotopic (exact) mass is 419 g/mol. The van der Waals surface area contributed by atoms with Gasteiger partial charge in [-0.05, 0) is 30.7 Å². The molecule has 0 unspecified atom stereocenters. The molecule has 1 aliphatic rings. The van der Waals surface area contributed by atoms with Gasteiger partial charge in [-0.3, -0.25) is 4.79 Å². The third-order valence-corrected chi connectivity index (χ3v) is 6.27. The van der Waals surface area contributed by atoms with Crippen LogP contribution in [0.4, 0.5) is 5.69 Å². The number of carbonyl (C=O) groups is 1. The van der Waals surface area contributed by atoms with Crippen LogP contribution in [0.25, 0.3) is 11.0 Å². The fraction of sp³-hybridized carbons (Fsp3) is 0.462. The average Bonchev–Trinajstić information content (AvgIpc) is 3.36. The highest BCUT2D eigenvalue weighted by atomic mass is 16.5. The van der Waals surface area contributed by atoms with Crippen LogP contribution in [0.3, 0.4) is 0 Å². The SMILES string of the molecule is CCCCCCCCn1c([C@@H]2CC(=O)N(c3cccc(OC)c3)C2)nc2ccccc21. The number of aryl methyl sites for hydroxylation is 1. The van der Waals surface area contributed by atoms with Gasteiger partial charge >= 0.3 is 0 Å². The summed E-state index contributed by atoms with van der Waals surface area (Å²) in [6, 6.07) is 16.1. The second kappa shape index (κ2) is 9.99. The number of methoxy groups -OCH3 is 1. The number of rotatable bonds is 10. The standard InChI is InChI=1S/C26H33N3O2/c1-3-4-5-6-7-10-16-28-24-15-9-8-14-23(24)27-26(28)20-17-25(30)29(19-20)21-12-11-13-22(18-21)31-2/h8-9,11-15,18,20H,3-7,10,16-17,19H2,1-2H3/t20-/m1/s1. The Balaban J connectivity index is 1.54. The van der Waals surface area contributed by atoms with E-state index in [1.54, 1.807) is 7.11 Å². The second-order valence-corrected chi connectivity index (χ2v) is 8.48. The van der Waals surface area contributed by atoms with Gasteiger partial charge < -0.3 is 14.2 Å². The number of anilines is 1. The van der Waals surface area contributed by atoms with Crippen LogP contribution < -0.4 is 9.64 Å². The van der Waals surface area contributed by atoms with E-state index in [1.165, 1.54) is 37.6 Å². The van der Waals surface area contributed by atoms with Crippen LogP contribution in [-0.4, -0.2) is 29.1 Å². The molecule has 1 saturated heterocycles. The summed E-state index contributed by atoms with van der Waals surface area (Å²) in [5, 5.41) is 0. The first-order valence-electron chi connectivity index (χ1n) is 11.6. The summed E-state index contributed by atoms with van der Waals surface area (Å²) in [5.74, 6) is 2.07. The maximum Gasteiger partial charge on any atom is 0.227 e. The Morgan fingerprint density at radius 1 is 1.03 bits per heavy atom. The molecule has 2 aromatic carbocycles. The van der Waals surface area contributed by atoms with Gasteiger partial charge in [-0.15, -0.1) is 0 Å². The van der Waals surface area contributed by atoms with E-state index in [4.69, 9.17) is 9.72 Å². The van der Waals surface area contributed by atoms with E-state index in [0.717, 1.165) is 35.7 Å². The zero-order valence-electron chi connectivity index (χ0n) is 18.7. The molecule has 31 heavy (non-hydrogen) atoms. The minimum atomic E-state index is 0.103. The molecule has 1 atom stereocenters. The van der Waals surface area contributed by atoms with Gasteiger partial charge in [0.05, 0.1) is 18.1 Å². The highest BCUT2D eigenvalue weighted by Crippen LogP contribution is 2.34. The van der Waals surface area contributed by atoms with Gasteiger partial charge in [0.1, 0.15) is 11.6 Å². The third kappa shape index (κ3) is 4.76. The summed E-state index contributed by atoms with van der Waals surface area (Å²) in [6.45, 7) is 3.87. The molecule has 1 aromatic heterocycles. The van der Waals surface area contributed by atoms with Crippen LogP contribution in [0, 0.1) is 0 Å². The molecular weight excluding hydrogens is 386 g/mol. The topological polar surface area (TPSA) is 47.4 Å². The van der Waals surface area contributed by atoms with Gasteiger partial charge in [-0.2, -0.15) is 0 Å². The van der Waals surface area contributed by atoms with Gasteiger partial charge in [-0.1, -0.05) is 57.2 Å². The zero-order valence-corrected chi connectivity index (χ0v) is 18.7.